The first kappa shape index (κ1) is 13.8. The van der Waals surface area contributed by atoms with Crippen molar-refractivity contribution in [3.63, 3.8) is 0 Å². The predicted octanol–water partition coefficient (Wildman–Crippen LogP) is 3.69. The molecule has 1 aromatic carbocycles. The van der Waals surface area contributed by atoms with Crippen LogP contribution in [-0.2, 0) is 0 Å². The molecule has 1 fully saturated rings. The highest BCUT2D eigenvalue weighted by Gasteiger charge is 2.20. The third-order valence-corrected chi connectivity index (χ3v) is 3.92. The second-order valence-corrected chi connectivity index (χ2v) is 5.43. The van der Waals surface area contributed by atoms with Crippen molar-refractivity contribution in [2.45, 2.75) is 31.6 Å². The van der Waals surface area contributed by atoms with Gasteiger partial charge in [0.1, 0.15) is 17.4 Å². The molecule has 2 N–H and O–H groups in total. The molecule has 0 aliphatic heterocycles. The quantitative estimate of drug-likeness (QED) is 0.904. The SMILES string of the molecule is CNc1cc(C2CCCC2)nc(-c2cc(O)cc(F)c2)n1. The molecule has 1 saturated carbocycles. The highest BCUT2D eigenvalue weighted by atomic mass is 19.1. The van der Waals surface area contributed by atoms with Gasteiger partial charge in [-0.1, -0.05) is 12.8 Å². The molecule has 1 heterocycles. The Kier molecular flexibility index (Phi) is 3.73. The summed E-state index contributed by atoms with van der Waals surface area (Å²) in [6.07, 6.45) is 4.71. The first-order chi connectivity index (χ1) is 10.2. The molecule has 3 rings (SSSR count). The molecule has 0 radical (unpaired) electrons. The van der Waals surface area contributed by atoms with Crippen LogP contribution in [0.4, 0.5) is 10.2 Å². The van der Waals surface area contributed by atoms with Crippen LogP contribution in [0.2, 0.25) is 0 Å². The lowest BCUT2D eigenvalue weighted by Gasteiger charge is -2.12. The second-order valence-electron chi connectivity index (χ2n) is 5.43. The van der Waals surface area contributed by atoms with Gasteiger partial charge in [-0.25, -0.2) is 14.4 Å². The molecule has 1 aliphatic carbocycles. The lowest BCUT2D eigenvalue weighted by Crippen LogP contribution is -2.04. The number of hydrogen-bond donors (Lipinski definition) is 2. The van der Waals surface area contributed by atoms with Crippen molar-refractivity contribution in [3.05, 3.63) is 35.8 Å². The number of phenolic OH excluding ortho intramolecular Hbond substituents is 1. The molecule has 0 spiro atoms. The smallest absolute Gasteiger partial charge is 0.162 e. The molecule has 0 bridgehead atoms. The third-order valence-electron chi connectivity index (χ3n) is 3.92. The van der Waals surface area contributed by atoms with Crippen LogP contribution in [0.25, 0.3) is 11.4 Å². The van der Waals surface area contributed by atoms with E-state index in [2.05, 4.69) is 15.3 Å². The molecule has 1 aliphatic rings. The number of rotatable bonds is 3. The Bertz CT molecular complexity index is 634. The summed E-state index contributed by atoms with van der Waals surface area (Å²) in [5.74, 6) is 0.988. The van der Waals surface area contributed by atoms with Crippen LogP contribution in [0, 0.1) is 5.82 Å². The number of nitrogens with one attached hydrogen (secondary N) is 1. The monoisotopic (exact) mass is 287 g/mol. The van der Waals surface area contributed by atoms with Gasteiger partial charge in [-0.2, -0.15) is 0 Å². The van der Waals surface area contributed by atoms with Crippen LogP contribution in [0.5, 0.6) is 5.75 Å². The lowest BCUT2D eigenvalue weighted by atomic mass is 10.0. The van der Waals surface area contributed by atoms with Gasteiger partial charge in [0.15, 0.2) is 5.82 Å². The van der Waals surface area contributed by atoms with Gasteiger partial charge in [-0.3, -0.25) is 0 Å². The van der Waals surface area contributed by atoms with Gasteiger partial charge in [0.2, 0.25) is 0 Å². The van der Waals surface area contributed by atoms with Crippen LogP contribution >= 0.6 is 0 Å². The lowest BCUT2D eigenvalue weighted by molar-refractivity contribution is 0.469. The summed E-state index contributed by atoms with van der Waals surface area (Å²) < 4.78 is 13.5. The van der Waals surface area contributed by atoms with Gasteiger partial charge in [0, 0.05) is 36.4 Å². The van der Waals surface area contributed by atoms with E-state index < -0.39 is 5.82 Å². The average molecular weight is 287 g/mol. The first-order valence-corrected chi connectivity index (χ1v) is 7.22. The minimum Gasteiger partial charge on any atom is -0.508 e. The maximum atomic E-state index is 13.5. The van der Waals surface area contributed by atoms with Crippen molar-refractivity contribution in [2.24, 2.45) is 0 Å². The van der Waals surface area contributed by atoms with Gasteiger partial charge in [0.25, 0.3) is 0 Å². The van der Waals surface area contributed by atoms with E-state index in [1.807, 2.05) is 6.07 Å². The molecule has 4 nitrogen and oxygen atoms in total. The van der Waals surface area contributed by atoms with Gasteiger partial charge >= 0.3 is 0 Å². The van der Waals surface area contributed by atoms with E-state index in [1.54, 1.807) is 7.05 Å². The van der Waals surface area contributed by atoms with Crippen LogP contribution < -0.4 is 5.32 Å². The Labute approximate surface area is 123 Å². The minimum absolute atomic E-state index is 0.120. The topological polar surface area (TPSA) is 58.0 Å². The van der Waals surface area contributed by atoms with Crippen LogP contribution in [0.15, 0.2) is 24.3 Å². The zero-order valence-corrected chi connectivity index (χ0v) is 11.9. The predicted molar refractivity (Wildman–Crippen MR) is 79.8 cm³/mol. The molecular formula is C16H18FN3O. The van der Waals surface area contributed by atoms with Crippen molar-refractivity contribution in [1.82, 2.24) is 9.97 Å². The zero-order valence-electron chi connectivity index (χ0n) is 11.9. The normalized spacial score (nSPS) is 15.3. The van der Waals surface area contributed by atoms with E-state index in [9.17, 15) is 9.50 Å². The van der Waals surface area contributed by atoms with E-state index in [0.717, 1.165) is 24.6 Å². The highest BCUT2D eigenvalue weighted by Crippen LogP contribution is 2.35. The highest BCUT2D eigenvalue weighted by molar-refractivity contribution is 5.60. The Morgan fingerprint density at radius 3 is 2.57 bits per heavy atom. The summed E-state index contributed by atoms with van der Waals surface area (Å²) in [6, 6.07) is 5.85. The fraction of sp³-hybridized carbons (Fsp3) is 0.375. The van der Waals surface area contributed by atoms with Crippen molar-refractivity contribution in [1.29, 1.82) is 0 Å². The minimum atomic E-state index is -0.495. The Hall–Kier alpha value is -2.17. The van der Waals surface area contributed by atoms with Gasteiger partial charge in [0.05, 0.1) is 0 Å². The number of benzene rings is 1. The fourth-order valence-electron chi connectivity index (χ4n) is 2.86. The summed E-state index contributed by atoms with van der Waals surface area (Å²) >= 11 is 0. The first-order valence-electron chi connectivity index (χ1n) is 7.22. The van der Waals surface area contributed by atoms with Gasteiger partial charge < -0.3 is 10.4 Å². The third kappa shape index (κ3) is 2.96. The van der Waals surface area contributed by atoms with Gasteiger partial charge in [-0.15, -0.1) is 0 Å². The number of hydrogen-bond acceptors (Lipinski definition) is 4. The Morgan fingerprint density at radius 1 is 1.14 bits per heavy atom. The van der Waals surface area contributed by atoms with E-state index in [-0.39, 0.29) is 5.75 Å². The van der Waals surface area contributed by atoms with Crippen molar-refractivity contribution in [2.75, 3.05) is 12.4 Å². The summed E-state index contributed by atoms with van der Waals surface area (Å²) in [7, 11) is 1.80. The Morgan fingerprint density at radius 2 is 1.90 bits per heavy atom. The molecule has 5 heteroatoms. The standard InChI is InChI=1S/C16H18FN3O/c1-18-15-9-14(10-4-2-3-5-10)19-16(20-15)11-6-12(17)8-13(21)7-11/h6-10,21H,2-5H2,1H3,(H,18,19,20). The number of halogens is 1. The van der Waals surface area contributed by atoms with Crippen molar-refractivity contribution < 1.29 is 9.50 Å². The number of anilines is 1. The van der Waals surface area contributed by atoms with Crippen LogP contribution in [0.1, 0.15) is 37.3 Å². The van der Waals surface area contributed by atoms with E-state index >= 15 is 0 Å². The van der Waals surface area contributed by atoms with Crippen molar-refractivity contribution >= 4 is 5.82 Å². The second kappa shape index (κ2) is 5.68. The molecule has 0 saturated heterocycles. The van der Waals surface area contributed by atoms with Crippen molar-refractivity contribution in [3.8, 4) is 17.1 Å². The summed E-state index contributed by atoms with van der Waals surface area (Å²) in [4.78, 5) is 8.96. The van der Waals surface area contributed by atoms with Gasteiger partial charge in [-0.05, 0) is 25.0 Å². The number of aromatic hydroxyl groups is 1. The van der Waals surface area contributed by atoms with E-state index in [1.165, 1.54) is 25.0 Å². The molecule has 2 aromatic rings. The molecule has 110 valence electrons. The molecule has 21 heavy (non-hydrogen) atoms. The summed E-state index contributed by atoms with van der Waals surface area (Å²) in [5, 5.41) is 12.6. The molecular weight excluding hydrogens is 269 g/mol. The van der Waals surface area contributed by atoms with E-state index in [0.29, 0.717) is 23.1 Å². The largest absolute Gasteiger partial charge is 0.508 e. The maximum Gasteiger partial charge on any atom is 0.162 e. The maximum absolute atomic E-state index is 13.5. The summed E-state index contributed by atoms with van der Waals surface area (Å²) in [5.41, 5.74) is 1.48. The average Bonchev–Trinajstić information content (AvgIpc) is 3.00. The number of aromatic nitrogens is 2. The molecule has 1 aromatic heterocycles. The van der Waals surface area contributed by atoms with Crippen LogP contribution in [0.3, 0.4) is 0 Å². The van der Waals surface area contributed by atoms with E-state index in [4.69, 9.17) is 0 Å². The fourth-order valence-corrected chi connectivity index (χ4v) is 2.86. The zero-order chi connectivity index (χ0) is 14.8. The van der Waals surface area contributed by atoms with Crippen LogP contribution in [-0.4, -0.2) is 22.1 Å². The summed E-state index contributed by atoms with van der Waals surface area (Å²) in [6.45, 7) is 0. The number of phenols is 1. The Balaban J connectivity index is 2.06. The molecule has 0 atom stereocenters. The number of nitrogens with zero attached hydrogens (tertiary/aromatic N) is 2. The molecule has 0 unspecified atom stereocenters. The molecule has 0 amide bonds.